The zero-order valence-electron chi connectivity index (χ0n) is 9.97. The van der Waals surface area contributed by atoms with Crippen molar-refractivity contribution in [3.8, 4) is 5.75 Å². The topological polar surface area (TPSA) is 75.4 Å². The van der Waals surface area contributed by atoms with Crippen molar-refractivity contribution in [1.82, 2.24) is 0 Å². The Kier molecular flexibility index (Phi) is 3.19. The largest absolute Gasteiger partial charge is 0.505 e. The molecule has 0 radical (unpaired) electrons. The lowest BCUT2D eigenvalue weighted by Crippen LogP contribution is -2.13. The molecule has 0 aliphatic heterocycles. The van der Waals surface area contributed by atoms with E-state index in [9.17, 15) is 9.90 Å². The van der Waals surface area contributed by atoms with Crippen LogP contribution >= 0.6 is 0 Å². The molecule has 4 heteroatoms. The van der Waals surface area contributed by atoms with Gasteiger partial charge in [-0.3, -0.25) is 4.79 Å². The molecular formula is C14H14N2O2. The summed E-state index contributed by atoms with van der Waals surface area (Å²) in [5, 5.41) is 12.5. The number of phenolic OH excluding ortho intramolecular Hbond substituents is 1. The van der Waals surface area contributed by atoms with E-state index >= 15 is 0 Å². The molecule has 0 unspecified atom stereocenters. The van der Waals surface area contributed by atoms with E-state index in [-0.39, 0.29) is 22.9 Å². The molecule has 0 aromatic heterocycles. The van der Waals surface area contributed by atoms with E-state index in [1.165, 1.54) is 6.07 Å². The molecule has 2 aromatic carbocycles. The van der Waals surface area contributed by atoms with Gasteiger partial charge in [0.1, 0.15) is 0 Å². The second kappa shape index (κ2) is 4.79. The molecular weight excluding hydrogens is 228 g/mol. The number of anilines is 2. The van der Waals surface area contributed by atoms with Gasteiger partial charge < -0.3 is 16.2 Å². The number of aryl methyl sites for hydroxylation is 1. The monoisotopic (exact) mass is 242 g/mol. The SMILES string of the molecule is Cc1ccccc1NC(=O)c1cccc(N)c1O. The van der Waals surface area contributed by atoms with Crippen LogP contribution in [0.5, 0.6) is 5.75 Å². The Labute approximate surface area is 105 Å². The third-order valence-electron chi connectivity index (χ3n) is 2.71. The minimum absolute atomic E-state index is 0.165. The summed E-state index contributed by atoms with van der Waals surface area (Å²) in [5.74, 6) is -0.572. The van der Waals surface area contributed by atoms with E-state index in [0.29, 0.717) is 5.69 Å². The standard InChI is InChI=1S/C14H14N2O2/c1-9-5-2-3-8-12(9)16-14(18)10-6-4-7-11(15)13(10)17/h2-8,17H,15H2,1H3,(H,16,18). The maximum absolute atomic E-state index is 12.0. The number of nitrogens with two attached hydrogens (primary N) is 1. The van der Waals surface area contributed by atoms with Crippen molar-refractivity contribution in [2.75, 3.05) is 11.1 Å². The Morgan fingerprint density at radius 1 is 1.17 bits per heavy atom. The first-order valence-electron chi connectivity index (χ1n) is 5.54. The van der Waals surface area contributed by atoms with Gasteiger partial charge in [-0.2, -0.15) is 0 Å². The Bertz CT molecular complexity index is 594. The summed E-state index contributed by atoms with van der Waals surface area (Å²) in [5.41, 5.74) is 7.57. The highest BCUT2D eigenvalue weighted by Gasteiger charge is 2.13. The average Bonchev–Trinajstić information content (AvgIpc) is 2.35. The molecule has 4 N–H and O–H groups in total. The number of aromatic hydroxyl groups is 1. The van der Waals surface area contributed by atoms with Crippen molar-refractivity contribution in [1.29, 1.82) is 0 Å². The van der Waals surface area contributed by atoms with Crippen LogP contribution in [0.2, 0.25) is 0 Å². The number of benzene rings is 2. The number of nitrogens with one attached hydrogen (secondary N) is 1. The van der Waals surface area contributed by atoms with E-state index in [0.717, 1.165) is 5.56 Å². The van der Waals surface area contributed by atoms with E-state index in [1.54, 1.807) is 18.2 Å². The first-order valence-corrected chi connectivity index (χ1v) is 5.54. The fourth-order valence-electron chi connectivity index (χ4n) is 1.65. The van der Waals surface area contributed by atoms with Crippen LogP contribution in [0.15, 0.2) is 42.5 Å². The van der Waals surface area contributed by atoms with Crippen LogP contribution in [0.1, 0.15) is 15.9 Å². The van der Waals surface area contributed by atoms with Crippen molar-refractivity contribution in [3.05, 3.63) is 53.6 Å². The molecule has 0 fully saturated rings. The highest BCUT2D eigenvalue weighted by molar-refractivity contribution is 6.07. The smallest absolute Gasteiger partial charge is 0.259 e. The third kappa shape index (κ3) is 2.27. The summed E-state index contributed by atoms with van der Waals surface area (Å²) in [6.07, 6.45) is 0. The lowest BCUT2D eigenvalue weighted by atomic mass is 10.1. The summed E-state index contributed by atoms with van der Waals surface area (Å²) in [4.78, 5) is 12.0. The number of nitrogen functional groups attached to an aromatic ring is 1. The van der Waals surface area contributed by atoms with Crippen LogP contribution in [-0.2, 0) is 0 Å². The molecule has 0 spiro atoms. The van der Waals surface area contributed by atoms with Crippen LogP contribution < -0.4 is 11.1 Å². The van der Waals surface area contributed by atoms with Crippen LogP contribution in [0.25, 0.3) is 0 Å². The number of hydrogen-bond acceptors (Lipinski definition) is 3. The Hall–Kier alpha value is -2.49. The Morgan fingerprint density at radius 3 is 2.61 bits per heavy atom. The van der Waals surface area contributed by atoms with Crippen molar-refractivity contribution in [2.24, 2.45) is 0 Å². The molecule has 1 amide bonds. The quantitative estimate of drug-likeness (QED) is 0.559. The molecule has 2 rings (SSSR count). The molecule has 92 valence electrons. The van der Waals surface area contributed by atoms with Gasteiger partial charge in [0.15, 0.2) is 5.75 Å². The van der Waals surface area contributed by atoms with Gasteiger partial charge in [-0.15, -0.1) is 0 Å². The van der Waals surface area contributed by atoms with Gasteiger partial charge in [0.25, 0.3) is 5.91 Å². The summed E-state index contributed by atoms with van der Waals surface area (Å²) >= 11 is 0. The molecule has 18 heavy (non-hydrogen) atoms. The van der Waals surface area contributed by atoms with Crippen LogP contribution in [-0.4, -0.2) is 11.0 Å². The lowest BCUT2D eigenvalue weighted by molar-refractivity contribution is 0.102. The molecule has 0 heterocycles. The van der Waals surface area contributed by atoms with Crippen molar-refractivity contribution in [2.45, 2.75) is 6.92 Å². The number of para-hydroxylation sites is 2. The molecule has 0 atom stereocenters. The molecule has 0 saturated carbocycles. The fourth-order valence-corrected chi connectivity index (χ4v) is 1.65. The summed E-state index contributed by atoms with van der Waals surface area (Å²) in [7, 11) is 0. The first-order chi connectivity index (χ1) is 8.59. The van der Waals surface area contributed by atoms with E-state index in [4.69, 9.17) is 5.73 Å². The van der Waals surface area contributed by atoms with Gasteiger partial charge >= 0.3 is 0 Å². The number of phenols is 1. The van der Waals surface area contributed by atoms with Gasteiger partial charge in [-0.25, -0.2) is 0 Å². The zero-order valence-corrected chi connectivity index (χ0v) is 9.97. The van der Waals surface area contributed by atoms with E-state index in [2.05, 4.69) is 5.32 Å². The van der Waals surface area contributed by atoms with Gasteiger partial charge in [0, 0.05) is 5.69 Å². The molecule has 0 aliphatic carbocycles. The molecule has 0 saturated heterocycles. The predicted molar refractivity (Wildman–Crippen MR) is 71.7 cm³/mol. The molecule has 0 aliphatic rings. The van der Waals surface area contributed by atoms with Crippen LogP contribution in [0, 0.1) is 6.92 Å². The lowest BCUT2D eigenvalue weighted by Gasteiger charge is -2.10. The summed E-state index contributed by atoms with van der Waals surface area (Å²) < 4.78 is 0. The van der Waals surface area contributed by atoms with Crippen LogP contribution in [0.3, 0.4) is 0 Å². The molecule has 2 aromatic rings. The normalized spacial score (nSPS) is 10.1. The average molecular weight is 242 g/mol. The minimum Gasteiger partial charge on any atom is -0.505 e. The van der Waals surface area contributed by atoms with Gasteiger partial charge in [0.2, 0.25) is 0 Å². The molecule has 4 nitrogen and oxygen atoms in total. The maximum atomic E-state index is 12.0. The van der Waals surface area contributed by atoms with Gasteiger partial charge in [0.05, 0.1) is 11.3 Å². The Balaban J connectivity index is 2.28. The number of amides is 1. The summed E-state index contributed by atoms with van der Waals surface area (Å²) in [6.45, 7) is 1.90. The highest BCUT2D eigenvalue weighted by Crippen LogP contribution is 2.25. The maximum Gasteiger partial charge on any atom is 0.259 e. The van der Waals surface area contributed by atoms with E-state index in [1.807, 2.05) is 25.1 Å². The zero-order chi connectivity index (χ0) is 13.1. The number of carbonyl (C=O) groups excluding carboxylic acids is 1. The summed E-state index contributed by atoms with van der Waals surface area (Å²) in [6, 6.07) is 12.1. The second-order valence-corrected chi connectivity index (χ2v) is 4.01. The van der Waals surface area contributed by atoms with Crippen LogP contribution in [0.4, 0.5) is 11.4 Å². The van der Waals surface area contributed by atoms with Crippen molar-refractivity contribution >= 4 is 17.3 Å². The van der Waals surface area contributed by atoms with Gasteiger partial charge in [-0.05, 0) is 30.7 Å². The van der Waals surface area contributed by atoms with Gasteiger partial charge in [-0.1, -0.05) is 24.3 Å². The first kappa shape index (κ1) is 12.0. The Morgan fingerprint density at radius 2 is 1.89 bits per heavy atom. The predicted octanol–water partition coefficient (Wildman–Crippen LogP) is 2.54. The van der Waals surface area contributed by atoms with E-state index < -0.39 is 0 Å². The fraction of sp³-hybridized carbons (Fsp3) is 0.0714. The number of hydrogen-bond donors (Lipinski definition) is 3. The van der Waals surface area contributed by atoms with Crippen molar-refractivity contribution < 1.29 is 9.90 Å². The second-order valence-electron chi connectivity index (χ2n) is 4.01. The number of rotatable bonds is 2. The van der Waals surface area contributed by atoms with Crippen molar-refractivity contribution in [3.63, 3.8) is 0 Å². The third-order valence-corrected chi connectivity index (χ3v) is 2.71. The highest BCUT2D eigenvalue weighted by atomic mass is 16.3. The minimum atomic E-state index is -0.380. The number of carbonyl (C=O) groups is 1. The molecule has 0 bridgehead atoms.